The Balaban J connectivity index is 1.52. The smallest absolute Gasteiger partial charge is 0.0764 e. The summed E-state index contributed by atoms with van der Waals surface area (Å²) >= 11 is 0. The molecule has 0 unspecified atom stereocenters. The van der Waals surface area contributed by atoms with Gasteiger partial charge in [-0.05, 0) is 43.9 Å². The highest BCUT2D eigenvalue weighted by atomic mass is 16.3. The van der Waals surface area contributed by atoms with Crippen molar-refractivity contribution in [3.05, 3.63) is 48.0 Å². The van der Waals surface area contributed by atoms with E-state index in [1.165, 1.54) is 0 Å². The molecule has 2 aromatic rings. The van der Waals surface area contributed by atoms with Crippen molar-refractivity contribution in [1.29, 1.82) is 0 Å². The van der Waals surface area contributed by atoms with Crippen LogP contribution in [0.2, 0.25) is 0 Å². The number of hydrogen-bond acceptors (Lipinski definition) is 4. The molecule has 0 saturated carbocycles. The lowest BCUT2D eigenvalue weighted by atomic mass is 9.87. The van der Waals surface area contributed by atoms with Crippen molar-refractivity contribution in [2.45, 2.75) is 64.1 Å². The van der Waals surface area contributed by atoms with Gasteiger partial charge in [0.25, 0.3) is 0 Å². The Kier molecular flexibility index (Phi) is 5.86. The minimum Gasteiger partial charge on any atom is -0.389 e. The normalized spacial score (nSPS) is 17.9. The predicted octanol–water partition coefficient (Wildman–Crippen LogP) is 3.21. The van der Waals surface area contributed by atoms with Crippen LogP contribution in [0.15, 0.2) is 36.7 Å². The summed E-state index contributed by atoms with van der Waals surface area (Å²) in [7, 11) is 0. The fraction of sp³-hybridized carbons (Fsp3) is 0.600. The molecule has 0 aromatic carbocycles. The third-order valence-electron chi connectivity index (χ3n) is 5.39. The second kappa shape index (κ2) is 8.11. The molecule has 1 saturated heterocycles. The van der Waals surface area contributed by atoms with E-state index in [0.717, 1.165) is 56.7 Å². The van der Waals surface area contributed by atoms with Gasteiger partial charge in [-0.25, -0.2) is 0 Å². The number of aliphatic hydroxyl groups is 1. The van der Waals surface area contributed by atoms with E-state index < -0.39 is 5.60 Å². The van der Waals surface area contributed by atoms with Crippen LogP contribution >= 0.6 is 0 Å². The van der Waals surface area contributed by atoms with E-state index in [2.05, 4.69) is 40.7 Å². The average molecular weight is 342 g/mol. The highest BCUT2D eigenvalue weighted by Crippen LogP contribution is 2.26. The molecule has 3 rings (SSSR count). The molecule has 0 spiro atoms. The number of nitrogens with zero attached hydrogens (tertiary/aromatic N) is 4. The first-order valence-electron chi connectivity index (χ1n) is 9.50. The molecular formula is C20H30N4O. The largest absolute Gasteiger partial charge is 0.389 e. The Labute approximate surface area is 150 Å². The minimum absolute atomic E-state index is 0.499. The topological polar surface area (TPSA) is 54.2 Å². The Hall–Kier alpha value is -1.72. The lowest BCUT2D eigenvalue weighted by molar-refractivity contribution is -0.0234. The number of aromatic nitrogens is 3. The maximum Gasteiger partial charge on any atom is 0.0764 e. The molecule has 1 N–H and O–H groups in total. The Morgan fingerprint density at radius 2 is 1.88 bits per heavy atom. The highest BCUT2D eigenvalue weighted by Gasteiger charge is 2.32. The van der Waals surface area contributed by atoms with Gasteiger partial charge in [-0.2, -0.15) is 5.10 Å². The van der Waals surface area contributed by atoms with Crippen molar-refractivity contribution in [3.8, 4) is 0 Å². The molecular weight excluding hydrogens is 312 g/mol. The fourth-order valence-electron chi connectivity index (χ4n) is 3.70. The molecule has 0 bridgehead atoms. The second-order valence-corrected chi connectivity index (χ2v) is 7.26. The van der Waals surface area contributed by atoms with Gasteiger partial charge in [-0.1, -0.05) is 19.9 Å². The van der Waals surface area contributed by atoms with Crippen molar-refractivity contribution in [2.75, 3.05) is 13.1 Å². The van der Waals surface area contributed by atoms with Crippen molar-refractivity contribution < 1.29 is 5.11 Å². The molecule has 5 nitrogen and oxygen atoms in total. The molecule has 0 aliphatic carbocycles. The molecule has 0 amide bonds. The van der Waals surface area contributed by atoms with Crippen molar-refractivity contribution >= 4 is 0 Å². The quantitative estimate of drug-likeness (QED) is 0.839. The minimum atomic E-state index is -0.625. The van der Waals surface area contributed by atoms with Gasteiger partial charge < -0.3 is 5.11 Å². The highest BCUT2D eigenvalue weighted by molar-refractivity contribution is 5.08. The molecule has 1 aliphatic heterocycles. The van der Waals surface area contributed by atoms with Crippen LogP contribution in [-0.2, 0) is 13.0 Å². The molecule has 1 aliphatic rings. The van der Waals surface area contributed by atoms with Crippen LogP contribution in [0.5, 0.6) is 0 Å². The molecule has 0 radical (unpaired) electrons. The number of hydrogen-bond donors (Lipinski definition) is 1. The first-order chi connectivity index (χ1) is 12.1. The van der Waals surface area contributed by atoms with Crippen molar-refractivity contribution in [1.82, 2.24) is 19.7 Å². The summed E-state index contributed by atoms with van der Waals surface area (Å²) in [5.74, 6) is 0. The summed E-state index contributed by atoms with van der Waals surface area (Å²) in [5.41, 5.74) is 1.48. The van der Waals surface area contributed by atoms with E-state index in [1.54, 1.807) is 6.20 Å². The van der Waals surface area contributed by atoms with E-state index in [1.807, 2.05) is 18.2 Å². The molecule has 1 fully saturated rings. The maximum atomic E-state index is 10.9. The van der Waals surface area contributed by atoms with Gasteiger partial charge in [0.05, 0.1) is 17.3 Å². The zero-order chi connectivity index (χ0) is 17.7. The molecule has 5 heteroatoms. The zero-order valence-electron chi connectivity index (χ0n) is 15.4. The summed E-state index contributed by atoms with van der Waals surface area (Å²) in [6.07, 6.45) is 8.35. The van der Waals surface area contributed by atoms with Crippen molar-refractivity contribution in [2.24, 2.45) is 0 Å². The van der Waals surface area contributed by atoms with E-state index in [0.29, 0.717) is 12.5 Å². The molecule has 2 aromatic heterocycles. The van der Waals surface area contributed by atoms with Crippen LogP contribution in [0.25, 0.3) is 0 Å². The third-order valence-corrected chi connectivity index (χ3v) is 5.39. The molecule has 136 valence electrons. The Morgan fingerprint density at radius 3 is 2.52 bits per heavy atom. The number of pyridine rings is 1. The fourth-order valence-corrected chi connectivity index (χ4v) is 3.70. The predicted molar refractivity (Wildman–Crippen MR) is 99.2 cm³/mol. The van der Waals surface area contributed by atoms with E-state index in [4.69, 9.17) is 5.10 Å². The van der Waals surface area contributed by atoms with Gasteiger partial charge in [0.2, 0.25) is 0 Å². The number of likely N-dealkylation sites (tertiary alicyclic amines) is 1. The van der Waals surface area contributed by atoms with Gasteiger partial charge in [-0.15, -0.1) is 0 Å². The Bertz CT molecular complexity index is 643. The summed E-state index contributed by atoms with van der Waals surface area (Å²) in [4.78, 5) is 6.75. The first-order valence-corrected chi connectivity index (χ1v) is 9.50. The molecule has 25 heavy (non-hydrogen) atoms. The van der Waals surface area contributed by atoms with Crippen LogP contribution in [-0.4, -0.2) is 43.5 Å². The summed E-state index contributed by atoms with van der Waals surface area (Å²) in [6, 6.07) is 8.52. The van der Waals surface area contributed by atoms with Crippen LogP contribution in [0.1, 0.15) is 57.0 Å². The van der Waals surface area contributed by atoms with Gasteiger partial charge in [0.15, 0.2) is 0 Å². The Morgan fingerprint density at radius 1 is 1.12 bits per heavy atom. The van der Waals surface area contributed by atoms with Crippen LogP contribution in [0, 0.1) is 0 Å². The lowest BCUT2D eigenvalue weighted by Gasteiger charge is -2.37. The first kappa shape index (κ1) is 18.1. The zero-order valence-corrected chi connectivity index (χ0v) is 15.4. The lowest BCUT2D eigenvalue weighted by Crippen LogP contribution is -2.45. The average Bonchev–Trinajstić information content (AvgIpc) is 3.07. The van der Waals surface area contributed by atoms with E-state index >= 15 is 0 Å². The summed E-state index contributed by atoms with van der Waals surface area (Å²) in [6.45, 7) is 7.10. The van der Waals surface area contributed by atoms with Crippen LogP contribution in [0.4, 0.5) is 0 Å². The van der Waals surface area contributed by atoms with Crippen molar-refractivity contribution in [3.63, 3.8) is 0 Å². The molecule has 3 heterocycles. The van der Waals surface area contributed by atoms with Crippen LogP contribution < -0.4 is 0 Å². The standard InChI is InChI=1S/C20H30N4O/c1-3-19(4-2)24-12-8-18(22-24)16-23-13-9-20(25,10-14-23)15-17-7-5-6-11-21-17/h5-8,11-12,19,25H,3-4,9-10,13-16H2,1-2H3. The number of rotatable bonds is 7. The van der Waals surface area contributed by atoms with E-state index in [9.17, 15) is 5.11 Å². The molecule has 0 atom stereocenters. The van der Waals surface area contributed by atoms with E-state index in [-0.39, 0.29) is 0 Å². The van der Waals surface area contributed by atoms with Gasteiger partial charge in [0, 0.05) is 44.1 Å². The summed E-state index contributed by atoms with van der Waals surface area (Å²) < 4.78 is 2.11. The van der Waals surface area contributed by atoms with Gasteiger partial charge in [0.1, 0.15) is 0 Å². The summed E-state index contributed by atoms with van der Waals surface area (Å²) in [5, 5.41) is 15.6. The third kappa shape index (κ3) is 4.67. The van der Waals surface area contributed by atoms with Gasteiger partial charge in [-0.3, -0.25) is 14.6 Å². The van der Waals surface area contributed by atoms with Gasteiger partial charge >= 0.3 is 0 Å². The maximum absolute atomic E-state index is 10.9. The SMILES string of the molecule is CCC(CC)n1ccc(CN2CCC(O)(Cc3ccccn3)CC2)n1. The number of piperidine rings is 1. The monoisotopic (exact) mass is 342 g/mol. The second-order valence-electron chi connectivity index (χ2n) is 7.26. The van der Waals surface area contributed by atoms with Crippen LogP contribution in [0.3, 0.4) is 0 Å².